The van der Waals surface area contributed by atoms with E-state index in [0.29, 0.717) is 18.7 Å². The van der Waals surface area contributed by atoms with Crippen LogP contribution in [0, 0.1) is 24.0 Å². The van der Waals surface area contributed by atoms with E-state index in [-0.39, 0.29) is 11.6 Å². The van der Waals surface area contributed by atoms with Crippen LogP contribution in [-0.4, -0.2) is 41.9 Å². The van der Waals surface area contributed by atoms with Gasteiger partial charge in [-0.25, -0.2) is 0 Å². The van der Waals surface area contributed by atoms with Gasteiger partial charge in [-0.05, 0) is 37.1 Å². The number of amides is 1. The van der Waals surface area contributed by atoms with Crippen molar-refractivity contribution in [2.24, 2.45) is 0 Å². The number of piperazine rings is 1. The predicted octanol–water partition coefficient (Wildman–Crippen LogP) is 3.17. The van der Waals surface area contributed by atoms with Crippen molar-refractivity contribution < 1.29 is 9.72 Å². The Balaban J connectivity index is 1.70. The van der Waals surface area contributed by atoms with E-state index in [1.165, 1.54) is 28.9 Å². The molecular weight excluding hydrogens is 318 g/mol. The zero-order valence-electron chi connectivity index (χ0n) is 14.4. The Labute approximate surface area is 146 Å². The number of hydrogen-bond acceptors (Lipinski definition) is 4. The highest BCUT2D eigenvalue weighted by Gasteiger charge is 2.24. The molecule has 1 aliphatic heterocycles. The molecule has 0 radical (unpaired) electrons. The first-order chi connectivity index (χ1) is 12.0. The highest BCUT2D eigenvalue weighted by molar-refractivity contribution is 5.95. The van der Waals surface area contributed by atoms with E-state index in [2.05, 4.69) is 36.9 Å². The van der Waals surface area contributed by atoms with Crippen LogP contribution in [0.1, 0.15) is 21.5 Å². The molecule has 0 unspecified atom stereocenters. The van der Waals surface area contributed by atoms with Crippen LogP contribution in [0.2, 0.25) is 0 Å². The van der Waals surface area contributed by atoms with Crippen LogP contribution in [-0.2, 0) is 0 Å². The zero-order chi connectivity index (χ0) is 18.0. The second-order valence-corrected chi connectivity index (χ2v) is 6.38. The molecule has 1 amide bonds. The molecule has 2 aromatic carbocycles. The zero-order valence-corrected chi connectivity index (χ0v) is 14.4. The Morgan fingerprint density at radius 2 is 1.76 bits per heavy atom. The van der Waals surface area contributed by atoms with Crippen LogP contribution in [0.3, 0.4) is 0 Å². The number of hydrogen-bond donors (Lipinski definition) is 0. The van der Waals surface area contributed by atoms with Crippen molar-refractivity contribution in [3.63, 3.8) is 0 Å². The smallest absolute Gasteiger partial charge is 0.270 e. The number of benzene rings is 2. The van der Waals surface area contributed by atoms with Crippen molar-refractivity contribution >= 4 is 17.3 Å². The SMILES string of the molecule is Cc1ccc(C)c(N2CCN(C(=O)c3cccc([N+](=O)[O-])c3)CC2)c1. The van der Waals surface area contributed by atoms with E-state index >= 15 is 0 Å². The number of carbonyl (C=O) groups is 1. The normalized spacial score (nSPS) is 14.5. The van der Waals surface area contributed by atoms with E-state index in [1.807, 2.05) is 0 Å². The van der Waals surface area contributed by atoms with Gasteiger partial charge in [0.15, 0.2) is 0 Å². The number of nitro groups is 1. The Morgan fingerprint density at radius 1 is 1.04 bits per heavy atom. The van der Waals surface area contributed by atoms with Gasteiger partial charge in [0.2, 0.25) is 0 Å². The first-order valence-corrected chi connectivity index (χ1v) is 8.31. The highest BCUT2D eigenvalue weighted by atomic mass is 16.6. The maximum Gasteiger partial charge on any atom is 0.270 e. The summed E-state index contributed by atoms with van der Waals surface area (Å²) in [6.45, 7) is 6.89. The summed E-state index contributed by atoms with van der Waals surface area (Å²) in [5.74, 6) is -0.149. The molecule has 0 aromatic heterocycles. The largest absolute Gasteiger partial charge is 0.368 e. The Hall–Kier alpha value is -2.89. The lowest BCUT2D eigenvalue weighted by Gasteiger charge is -2.37. The molecule has 0 spiro atoms. The number of anilines is 1. The standard InChI is InChI=1S/C19H21N3O3/c1-14-6-7-15(2)18(12-14)20-8-10-21(11-9-20)19(23)16-4-3-5-17(13-16)22(24)25/h3-7,12-13H,8-11H2,1-2H3. The lowest BCUT2D eigenvalue weighted by molar-refractivity contribution is -0.384. The molecule has 0 aliphatic carbocycles. The molecule has 6 nitrogen and oxygen atoms in total. The lowest BCUT2D eigenvalue weighted by atomic mass is 10.1. The van der Waals surface area contributed by atoms with Crippen LogP contribution < -0.4 is 4.90 Å². The van der Waals surface area contributed by atoms with E-state index in [0.717, 1.165) is 13.1 Å². The van der Waals surface area contributed by atoms with Crippen molar-refractivity contribution in [1.82, 2.24) is 4.90 Å². The number of rotatable bonds is 3. The molecule has 0 bridgehead atoms. The number of aryl methyl sites for hydroxylation is 2. The van der Waals surface area contributed by atoms with Gasteiger partial charge in [-0.3, -0.25) is 14.9 Å². The molecule has 0 N–H and O–H groups in total. The fraction of sp³-hybridized carbons (Fsp3) is 0.316. The number of carbonyl (C=O) groups excluding carboxylic acids is 1. The second kappa shape index (κ2) is 6.93. The first-order valence-electron chi connectivity index (χ1n) is 8.31. The minimum atomic E-state index is -0.477. The van der Waals surface area contributed by atoms with Gasteiger partial charge in [0.1, 0.15) is 0 Å². The molecule has 1 fully saturated rings. The fourth-order valence-corrected chi connectivity index (χ4v) is 3.15. The van der Waals surface area contributed by atoms with E-state index < -0.39 is 4.92 Å². The summed E-state index contributed by atoms with van der Waals surface area (Å²) in [7, 11) is 0. The van der Waals surface area contributed by atoms with Crippen LogP contribution in [0.25, 0.3) is 0 Å². The van der Waals surface area contributed by atoms with Crippen LogP contribution in [0.5, 0.6) is 0 Å². The monoisotopic (exact) mass is 339 g/mol. The van der Waals surface area contributed by atoms with Gasteiger partial charge in [-0.15, -0.1) is 0 Å². The number of nitro benzene ring substituents is 1. The third-order valence-electron chi connectivity index (χ3n) is 4.58. The molecule has 1 saturated heterocycles. The Bertz CT molecular complexity index is 811. The molecule has 25 heavy (non-hydrogen) atoms. The molecule has 6 heteroatoms. The summed E-state index contributed by atoms with van der Waals surface area (Å²) in [5, 5.41) is 10.9. The topological polar surface area (TPSA) is 66.7 Å². The second-order valence-electron chi connectivity index (χ2n) is 6.38. The Morgan fingerprint density at radius 3 is 2.44 bits per heavy atom. The molecular formula is C19H21N3O3. The summed E-state index contributed by atoms with van der Waals surface area (Å²) in [6.07, 6.45) is 0. The molecule has 1 heterocycles. The number of nitrogens with zero attached hydrogens (tertiary/aromatic N) is 3. The average Bonchev–Trinajstić information content (AvgIpc) is 2.63. The minimum absolute atomic E-state index is 0.0557. The summed E-state index contributed by atoms with van der Waals surface area (Å²) >= 11 is 0. The summed E-state index contributed by atoms with van der Waals surface area (Å²) in [5.41, 5.74) is 3.97. The summed E-state index contributed by atoms with van der Waals surface area (Å²) in [4.78, 5) is 27.1. The highest BCUT2D eigenvalue weighted by Crippen LogP contribution is 2.23. The quantitative estimate of drug-likeness (QED) is 0.636. The fourth-order valence-electron chi connectivity index (χ4n) is 3.15. The maximum atomic E-state index is 12.6. The third kappa shape index (κ3) is 3.63. The molecule has 1 aliphatic rings. The van der Waals surface area contributed by atoms with Crippen molar-refractivity contribution in [1.29, 1.82) is 0 Å². The predicted molar refractivity (Wildman–Crippen MR) is 97.1 cm³/mol. The van der Waals surface area contributed by atoms with Crippen LogP contribution in [0.15, 0.2) is 42.5 Å². The van der Waals surface area contributed by atoms with E-state index in [4.69, 9.17) is 0 Å². The van der Waals surface area contributed by atoms with Gasteiger partial charge in [0.05, 0.1) is 4.92 Å². The molecule has 0 saturated carbocycles. The van der Waals surface area contributed by atoms with Gasteiger partial charge in [-0.1, -0.05) is 18.2 Å². The lowest BCUT2D eigenvalue weighted by Crippen LogP contribution is -2.49. The maximum absolute atomic E-state index is 12.6. The van der Waals surface area contributed by atoms with Gasteiger partial charge >= 0.3 is 0 Å². The van der Waals surface area contributed by atoms with E-state index in [1.54, 1.807) is 17.0 Å². The summed E-state index contributed by atoms with van der Waals surface area (Å²) in [6, 6.07) is 12.3. The van der Waals surface area contributed by atoms with Crippen LogP contribution in [0.4, 0.5) is 11.4 Å². The average molecular weight is 339 g/mol. The third-order valence-corrected chi connectivity index (χ3v) is 4.58. The molecule has 2 aromatic rings. The summed E-state index contributed by atoms with van der Waals surface area (Å²) < 4.78 is 0. The van der Waals surface area contributed by atoms with Crippen molar-refractivity contribution in [3.05, 3.63) is 69.3 Å². The first kappa shape index (κ1) is 17.0. The Kier molecular flexibility index (Phi) is 4.70. The van der Waals surface area contributed by atoms with Gasteiger partial charge < -0.3 is 9.80 Å². The number of non-ortho nitro benzene ring substituents is 1. The molecule has 130 valence electrons. The van der Waals surface area contributed by atoms with Crippen molar-refractivity contribution in [2.75, 3.05) is 31.1 Å². The molecule has 0 atom stereocenters. The van der Waals surface area contributed by atoms with Crippen LogP contribution >= 0.6 is 0 Å². The van der Waals surface area contributed by atoms with Crippen molar-refractivity contribution in [3.8, 4) is 0 Å². The minimum Gasteiger partial charge on any atom is -0.368 e. The van der Waals surface area contributed by atoms with Crippen molar-refractivity contribution in [2.45, 2.75) is 13.8 Å². The van der Waals surface area contributed by atoms with Gasteiger partial charge in [0.25, 0.3) is 11.6 Å². The van der Waals surface area contributed by atoms with Gasteiger partial charge in [-0.2, -0.15) is 0 Å². The van der Waals surface area contributed by atoms with E-state index in [9.17, 15) is 14.9 Å². The molecule has 3 rings (SSSR count). The van der Waals surface area contributed by atoms with Gasteiger partial charge in [0, 0.05) is 49.6 Å².